The standard InChI is InChI=1S/C20H23NO5S/c1-9-3-6-12-13(7-9)27-18(16(12)20(25)26-2)21-17(22)14-10-4-5-11(8-10)15(14)19(23)24/h4-5,9-11,14-15H,3,6-8H2,1-2H3,(H,21,22)(H,23,24)/t9-,10-,11+,14-,15+/m1/s1. The molecule has 0 spiro atoms. The molecule has 3 aliphatic carbocycles. The molecule has 3 aliphatic rings. The highest BCUT2D eigenvalue weighted by atomic mass is 32.1. The Labute approximate surface area is 161 Å². The van der Waals surface area contributed by atoms with E-state index in [0.29, 0.717) is 22.9 Å². The summed E-state index contributed by atoms with van der Waals surface area (Å²) in [5.74, 6) is -2.57. The Balaban J connectivity index is 1.64. The van der Waals surface area contributed by atoms with Gasteiger partial charge in [-0.3, -0.25) is 9.59 Å². The number of hydrogen-bond donors (Lipinski definition) is 2. The molecule has 1 heterocycles. The molecule has 7 heteroatoms. The number of allylic oxidation sites excluding steroid dienone is 2. The number of anilines is 1. The van der Waals surface area contributed by atoms with Crippen molar-refractivity contribution in [2.24, 2.45) is 29.6 Å². The van der Waals surface area contributed by atoms with Crippen LogP contribution in [0.25, 0.3) is 0 Å². The van der Waals surface area contributed by atoms with Crippen molar-refractivity contribution >= 4 is 34.2 Å². The van der Waals surface area contributed by atoms with Gasteiger partial charge in [0, 0.05) is 4.88 Å². The number of hydrogen-bond acceptors (Lipinski definition) is 5. The Morgan fingerprint density at radius 3 is 2.59 bits per heavy atom. The van der Waals surface area contributed by atoms with Gasteiger partial charge in [0.15, 0.2) is 0 Å². The molecule has 0 aliphatic heterocycles. The van der Waals surface area contributed by atoms with Gasteiger partial charge >= 0.3 is 11.9 Å². The molecule has 0 saturated heterocycles. The van der Waals surface area contributed by atoms with Gasteiger partial charge in [-0.25, -0.2) is 4.79 Å². The maximum atomic E-state index is 13.0. The van der Waals surface area contributed by atoms with Crippen LogP contribution in [0.5, 0.6) is 0 Å². The Morgan fingerprint density at radius 1 is 1.22 bits per heavy atom. The number of thiophene rings is 1. The number of carbonyl (C=O) groups is 3. The van der Waals surface area contributed by atoms with E-state index >= 15 is 0 Å². The third-order valence-corrected chi connectivity index (χ3v) is 7.35. The summed E-state index contributed by atoms with van der Waals surface area (Å²) >= 11 is 1.43. The number of ether oxygens (including phenoxy) is 1. The molecule has 0 radical (unpaired) electrons. The molecule has 1 fully saturated rings. The second kappa shape index (κ2) is 6.78. The van der Waals surface area contributed by atoms with Gasteiger partial charge in [0.25, 0.3) is 0 Å². The Hall–Kier alpha value is -2.15. The minimum absolute atomic E-state index is 0.0488. The van der Waals surface area contributed by atoms with Gasteiger partial charge in [-0.1, -0.05) is 19.1 Å². The van der Waals surface area contributed by atoms with Crippen molar-refractivity contribution in [3.63, 3.8) is 0 Å². The average Bonchev–Trinajstić information content (AvgIpc) is 3.32. The zero-order chi connectivity index (χ0) is 19.3. The van der Waals surface area contributed by atoms with Crippen molar-refractivity contribution in [2.75, 3.05) is 12.4 Å². The zero-order valence-electron chi connectivity index (χ0n) is 15.4. The van der Waals surface area contributed by atoms with Gasteiger partial charge in [0.2, 0.25) is 5.91 Å². The van der Waals surface area contributed by atoms with E-state index in [1.165, 1.54) is 18.4 Å². The first kappa shape index (κ1) is 18.2. The van der Waals surface area contributed by atoms with Crippen LogP contribution in [0.4, 0.5) is 5.00 Å². The van der Waals surface area contributed by atoms with Crippen molar-refractivity contribution < 1.29 is 24.2 Å². The van der Waals surface area contributed by atoms with Crippen molar-refractivity contribution in [3.05, 3.63) is 28.2 Å². The second-order valence-corrected chi connectivity index (χ2v) is 8.98. The van der Waals surface area contributed by atoms with Crippen LogP contribution in [0.2, 0.25) is 0 Å². The Morgan fingerprint density at radius 2 is 1.93 bits per heavy atom. The number of methoxy groups -OCH3 is 1. The Bertz CT molecular complexity index is 842. The zero-order valence-corrected chi connectivity index (χ0v) is 16.2. The van der Waals surface area contributed by atoms with E-state index in [4.69, 9.17) is 4.74 Å². The topological polar surface area (TPSA) is 92.7 Å². The lowest BCUT2D eigenvalue weighted by Gasteiger charge is -2.23. The summed E-state index contributed by atoms with van der Waals surface area (Å²) < 4.78 is 4.96. The first-order valence-corrected chi connectivity index (χ1v) is 10.2. The number of nitrogens with one attached hydrogen (secondary N) is 1. The SMILES string of the molecule is COC(=O)c1c(NC(=O)[C@H]2[C@@H](C(=O)O)[C@H]3C=C[C@@H]2C3)sc2c1CC[C@@H](C)C2. The highest BCUT2D eigenvalue weighted by Crippen LogP contribution is 2.49. The number of carbonyl (C=O) groups excluding carboxylic acids is 2. The molecule has 1 aromatic rings. The molecule has 144 valence electrons. The number of carboxylic acids is 1. The van der Waals surface area contributed by atoms with Crippen LogP contribution in [0.15, 0.2) is 12.2 Å². The molecule has 6 nitrogen and oxygen atoms in total. The molecule has 27 heavy (non-hydrogen) atoms. The number of aliphatic carboxylic acids is 1. The van der Waals surface area contributed by atoms with Crippen molar-refractivity contribution in [1.82, 2.24) is 0 Å². The van der Waals surface area contributed by atoms with E-state index in [2.05, 4.69) is 12.2 Å². The normalized spacial score (nSPS) is 30.8. The van der Waals surface area contributed by atoms with Crippen molar-refractivity contribution in [2.45, 2.75) is 32.6 Å². The van der Waals surface area contributed by atoms with Crippen LogP contribution >= 0.6 is 11.3 Å². The van der Waals surface area contributed by atoms with E-state index in [1.54, 1.807) is 0 Å². The summed E-state index contributed by atoms with van der Waals surface area (Å²) in [6, 6.07) is 0. The summed E-state index contributed by atoms with van der Waals surface area (Å²) in [6.07, 6.45) is 7.25. The fourth-order valence-electron chi connectivity index (χ4n) is 4.87. The minimum Gasteiger partial charge on any atom is -0.481 e. The first-order valence-electron chi connectivity index (χ1n) is 9.35. The maximum absolute atomic E-state index is 13.0. The fourth-order valence-corrected chi connectivity index (χ4v) is 6.27. The smallest absolute Gasteiger partial charge is 0.341 e. The van der Waals surface area contributed by atoms with Crippen LogP contribution in [0.1, 0.15) is 40.6 Å². The highest BCUT2D eigenvalue weighted by molar-refractivity contribution is 7.17. The predicted octanol–water partition coefficient (Wildman–Crippen LogP) is 3.12. The van der Waals surface area contributed by atoms with E-state index in [0.717, 1.165) is 29.7 Å². The lowest BCUT2D eigenvalue weighted by atomic mass is 9.82. The monoisotopic (exact) mass is 389 g/mol. The van der Waals surface area contributed by atoms with E-state index in [-0.39, 0.29) is 17.7 Å². The first-order chi connectivity index (χ1) is 12.9. The van der Waals surface area contributed by atoms with Gasteiger partial charge in [0.05, 0.1) is 24.5 Å². The van der Waals surface area contributed by atoms with Crippen molar-refractivity contribution in [1.29, 1.82) is 0 Å². The van der Waals surface area contributed by atoms with E-state index in [9.17, 15) is 19.5 Å². The molecular formula is C20H23NO5S. The van der Waals surface area contributed by atoms with E-state index < -0.39 is 23.8 Å². The molecule has 4 rings (SSSR count). The van der Waals surface area contributed by atoms with Gasteiger partial charge < -0.3 is 15.2 Å². The molecule has 1 amide bonds. The quantitative estimate of drug-likeness (QED) is 0.610. The largest absolute Gasteiger partial charge is 0.481 e. The second-order valence-electron chi connectivity index (χ2n) is 7.87. The minimum atomic E-state index is -0.931. The summed E-state index contributed by atoms with van der Waals surface area (Å²) in [4.78, 5) is 38.2. The molecule has 2 bridgehead atoms. The number of esters is 1. The van der Waals surface area contributed by atoms with Crippen LogP contribution in [0, 0.1) is 29.6 Å². The van der Waals surface area contributed by atoms with Gasteiger partial charge in [-0.15, -0.1) is 11.3 Å². The molecule has 0 unspecified atom stereocenters. The summed E-state index contributed by atoms with van der Waals surface area (Å²) in [7, 11) is 1.34. The lowest BCUT2D eigenvalue weighted by Crippen LogP contribution is -2.36. The van der Waals surface area contributed by atoms with Crippen LogP contribution in [0.3, 0.4) is 0 Å². The lowest BCUT2D eigenvalue weighted by molar-refractivity contribution is -0.146. The van der Waals surface area contributed by atoms with Gasteiger partial charge in [-0.2, -0.15) is 0 Å². The van der Waals surface area contributed by atoms with Gasteiger partial charge in [-0.05, 0) is 49.0 Å². The molecule has 5 atom stereocenters. The van der Waals surface area contributed by atoms with Gasteiger partial charge in [0.1, 0.15) is 5.00 Å². The average molecular weight is 389 g/mol. The summed E-state index contributed by atoms with van der Waals surface area (Å²) in [5.41, 5.74) is 1.42. The number of amides is 1. The molecular weight excluding hydrogens is 366 g/mol. The van der Waals surface area contributed by atoms with Crippen LogP contribution in [-0.2, 0) is 27.2 Å². The van der Waals surface area contributed by atoms with Crippen LogP contribution in [-0.4, -0.2) is 30.1 Å². The molecule has 2 N–H and O–H groups in total. The predicted molar refractivity (Wildman–Crippen MR) is 101 cm³/mol. The van der Waals surface area contributed by atoms with E-state index in [1.807, 2.05) is 12.2 Å². The van der Waals surface area contributed by atoms with Crippen LogP contribution < -0.4 is 5.32 Å². The highest BCUT2D eigenvalue weighted by Gasteiger charge is 2.51. The van der Waals surface area contributed by atoms with Crippen molar-refractivity contribution in [3.8, 4) is 0 Å². The number of rotatable bonds is 4. The molecule has 1 aromatic heterocycles. The maximum Gasteiger partial charge on any atom is 0.341 e. The fraction of sp³-hybridized carbons (Fsp3) is 0.550. The summed E-state index contributed by atoms with van der Waals surface area (Å²) in [6.45, 7) is 2.18. The third kappa shape index (κ3) is 2.98. The Kier molecular flexibility index (Phi) is 4.58. The molecule has 1 saturated carbocycles. The number of fused-ring (bicyclic) bond motifs is 3. The molecule has 0 aromatic carbocycles. The summed E-state index contributed by atoms with van der Waals surface area (Å²) in [5, 5.41) is 13.0. The number of carboxylic acid groups (broad SMARTS) is 1. The third-order valence-electron chi connectivity index (χ3n) is 6.19.